The van der Waals surface area contributed by atoms with Gasteiger partial charge in [0.15, 0.2) is 8.46 Å². The zero-order valence-corrected chi connectivity index (χ0v) is 5.97. The maximum absolute atomic E-state index is 10.5. The topological polar surface area (TPSA) is 60.4 Å². The Morgan fingerprint density at radius 3 is 2.20 bits per heavy atom. The second-order valence-electron chi connectivity index (χ2n) is 2.01. The molecule has 0 atom stereocenters. The Morgan fingerprint density at radius 2 is 1.80 bits per heavy atom. The third-order valence-electron chi connectivity index (χ3n) is 1.18. The number of esters is 2. The van der Waals surface area contributed by atoms with Crippen molar-refractivity contribution in [2.75, 3.05) is 0 Å². The van der Waals surface area contributed by atoms with E-state index in [1.54, 1.807) is 0 Å². The summed E-state index contributed by atoms with van der Waals surface area (Å²) >= 11 is 0. The number of carbonyl (C=O) groups excluding carboxylic acids is 2. The maximum Gasteiger partial charge on any atom is 0.314 e. The quantitative estimate of drug-likeness (QED) is 0.318. The average Bonchev–Trinajstić information content (AvgIpc) is 1.85. The summed E-state index contributed by atoms with van der Waals surface area (Å²) in [6.45, 7) is 0. The Morgan fingerprint density at radius 1 is 1.30 bits per heavy atom. The van der Waals surface area contributed by atoms with Crippen molar-refractivity contribution in [3.05, 3.63) is 0 Å². The van der Waals surface area contributed by atoms with Crippen LogP contribution in [-0.4, -0.2) is 17.6 Å². The Hall–Kier alpha value is -0.760. The molecule has 1 fully saturated rings. The fourth-order valence-electron chi connectivity index (χ4n) is 0.742. The van der Waals surface area contributed by atoms with E-state index >= 15 is 0 Å². The van der Waals surface area contributed by atoms with Crippen LogP contribution in [0.5, 0.6) is 0 Å². The lowest BCUT2D eigenvalue weighted by Crippen LogP contribution is -2.25. The number of hydrogen-bond acceptors (Lipinski definition) is 4. The molecule has 0 N–H and O–H groups in total. The number of hydrogen-bond donors (Lipinski definition) is 0. The summed E-state index contributed by atoms with van der Waals surface area (Å²) < 4.78 is 14.4. The van der Waals surface area contributed by atoms with Gasteiger partial charge in [0.2, 0.25) is 0 Å². The molecule has 10 heavy (non-hydrogen) atoms. The molecule has 0 amide bonds. The normalized spacial score (nSPS) is 21.2. The van der Waals surface area contributed by atoms with E-state index in [2.05, 4.69) is 4.74 Å². The molecule has 1 aliphatic heterocycles. The van der Waals surface area contributed by atoms with Crippen LogP contribution < -0.4 is 0 Å². The van der Waals surface area contributed by atoms with E-state index in [1.807, 2.05) is 0 Å². The predicted octanol–water partition coefficient (Wildman–Crippen LogP) is 0.510. The SMILES string of the molecule is O=PC1CC(=O)OC(=O)C1. The van der Waals surface area contributed by atoms with Gasteiger partial charge in [-0.2, -0.15) is 0 Å². The molecule has 4 nitrogen and oxygen atoms in total. The van der Waals surface area contributed by atoms with Crippen molar-refractivity contribution in [2.45, 2.75) is 18.5 Å². The highest BCUT2D eigenvalue weighted by atomic mass is 31.1. The molecule has 1 heterocycles. The van der Waals surface area contributed by atoms with Crippen LogP contribution in [-0.2, 0) is 18.9 Å². The van der Waals surface area contributed by atoms with Crippen molar-refractivity contribution < 1.29 is 18.9 Å². The summed E-state index contributed by atoms with van der Waals surface area (Å²) in [6, 6.07) is 0. The molecule has 1 saturated heterocycles. The van der Waals surface area contributed by atoms with Crippen LogP contribution in [0, 0.1) is 0 Å². The van der Waals surface area contributed by atoms with Gasteiger partial charge < -0.3 is 4.74 Å². The van der Waals surface area contributed by atoms with Gasteiger partial charge in [0, 0.05) is 0 Å². The lowest BCUT2D eigenvalue weighted by molar-refractivity contribution is -0.162. The second kappa shape index (κ2) is 2.88. The van der Waals surface area contributed by atoms with Gasteiger partial charge in [-0.25, -0.2) is 0 Å². The summed E-state index contributed by atoms with van der Waals surface area (Å²) in [4.78, 5) is 20.9. The van der Waals surface area contributed by atoms with Gasteiger partial charge >= 0.3 is 11.9 Å². The van der Waals surface area contributed by atoms with Crippen LogP contribution in [0.4, 0.5) is 0 Å². The van der Waals surface area contributed by atoms with Gasteiger partial charge in [-0.05, 0) is 0 Å². The minimum Gasteiger partial charge on any atom is -0.393 e. The minimum absolute atomic E-state index is 0.0802. The maximum atomic E-state index is 10.5. The molecule has 0 bridgehead atoms. The van der Waals surface area contributed by atoms with E-state index in [0.29, 0.717) is 0 Å². The number of cyclic esters (lactones) is 2. The molecule has 0 aromatic rings. The zero-order chi connectivity index (χ0) is 7.56. The molecule has 1 rings (SSSR count). The Labute approximate surface area is 58.7 Å². The van der Waals surface area contributed by atoms with E-state index in [0.717, 1.165) is 0 Å². The lowest BCUT2D eigenvalue weighted by Gasteiger charge is -2.12. The largest absolute Gasteiger partial charge is 0.393 e. The van der Waals surface area contributed by atoms with Crippen LogP contribution in [0.1, 0.15) is 12.8 Å². The van der Waals surface area contributed by atoms with Gasteiger partial charge in [-0.15, -0.1) is 0 Å². The Balaban J connectivity index is 2.58. The highest BCUT2D eigenvalue weighted by molar-refractivity contribution is 7.24. The zero-order valence-electron chi connectivity index (χ0n) is 5.07. The van der Waals surface area contributed by atoms with Gasteiger partial charge in [0.1, 0.15) is 0 Å². The first-order valence-electron chi connectivity index (χ1n) is 2.78. The Bertz CT molecular complexity index is 172. The molecule has 0 saturated carbocycles. The first-order chi connectivity index (χ1) is 4.72. The summed E-state index contributed by atoms with van der Waals surface area (Å²) in [7, 11) is -0.156. The third kappa shape index (κ3) is 1.61. The standard InChI is InChI=1S/C5H5O4P/c6-4-1-3(10-8)2-5(7)9-4/h3H,1-2H2. The Kier molecular flexibility index (Phi) is 2.12. The molecular weight excluding hydrogens is 155 g/mol. The van der Waals surface area contributed by atoms with Crippen LogP contribution in [0.25, 0.3) is 0 Å². The van der Waals surface area contributed by atoms with E-state index in [4.69, 9.17) is 0 Å². The average molecular weight is 160 g/mol. The van der Waals surface area contributed by atoms with E-state index in [-0.39, 0.29) is 27.0 Å². The molecule has 0 unspecified atom stereocenters. The molecule has 0 radical (unpaired) electrons. The van der Waals surface area contributed by atoms with Crippen molar-refractivity contribution in [3.8, 4) is 0 Å². The molecule has 1 aliphatic rings. The van der Waals surface area contributed by atoms with Gasteiger partial charge in [0.05, 0.1) is 18.5 Å². The summed E-state index contributed by atoms with van der Waals surface area (Å²) in [5, 5.41) is 0. The fraction of sp³-hybridized carbons (Fsp3) is 0.600. The highest BCUT2D eigenvalue weighted by Crippen LogP contribution is 2.20. The summed E-state index contributed by atoms with van der Waals surface area (Å²) in [5.41, 5.74) is -0.367. The molecule has 0 aromatic heterocycles. The summed E-state index contributed by atoms with van der Waals surface area (Å²) in [5.74, 6) is -1.16. The number of rotatable bonds is 1. The molecule has 0 aliphatic carbocycles. The van der Waals surface area contributed by atoms with Crippen LogP contribution in [0.15, 0.2) is 0 Å². The van der Waals surface area contributed by atoms with Crippen molar-refractivity contribution in [3.63, 3.8) is 0 Å². The van der Waals surface area contributed by atoms with Crippen LogP contribution >= 0.6 is 8.46 Å². The van der Waals surface area contributed by atoms with Crippen molar-refractivity contribution in [1.29, 1.82) is 0 Å². The van der Waals surface area contributed by atoms with Crippen molar-refractivity contribution in [1.82, 2.24) is 0 Å². The molecular formula is C5H5O4P. The van der Waals surface area contributed by atoms with E-state index < -0.39 is 11.9 Å². The van der Waals surface area contributed by atoms with E-state index in [9.17, 15) is 14.2 Å². The first kappa shape index (κ1) is 7.35. The van der Waals surface area contributed by atoms with Crippen LogP contribution in [0.3, 0.4) is 0 Å². The monoisotopic (exact) mass is 160 g/mol. The lowest BCUT2D eigenvalue weighted by atomic mass is 10.2. The minimum atomic E-state index is -0.579. The molecule has 0 spiro atoms. The van der Waals surface area contributed by atoms with Gasteiger partial charge in [-0.1, -0.05) is 0 Å². The second-order valence-corrected chi connectivity index (χ2v) is 2.95. The van der Waals surface area contributed by atoms with Gasteiger partial charge in [0.25, 0.3) is 0 Å². The van der Waals surface area contributed by atoms with Crippen molar-refractivity contribution in [2.24, 2.45) is 0 Å². The fourth-order valence-corrected chi connectivity index (χ4v) is 1.19. The predicted molar refractivity (Wildman–Crippen MR) is 31.7 cm³/mol. The van der Waals surface area contributed by atoms with Crippen molar-refractivity contribution >= 4 is 20.4 Å². The smallest absolute Gasteiger partial charge is 0.314 e. The number of ether oxygens (including phenoxy) is 1. The highest BCUT2D eigenvalue weighted by Gasteiger charge is 2.27. The van der Waals surface area contributed by atoms with E-state index in [1.165, 1.54) is 0 Å². The third-order valence-corrected chi connectivity index (χ3v) is 1.84. The number of carbonyl (C=O) groups is 2. The first-order valence-corrected chi connectivity index (χ1v) is 3.66. The molecule has 5 heteroatoms. The summed E-state index contributed by atoms with van der Waals surface area (Å²) in [6.07, 6.45) is 0.160. The molecule has 54 valence electrons. The molecule has 0 aromatic carbocycles. The van der Waals surface area contributed by atoms with Crippen LogP contribution in [0.2, 0.25) is 0 Å². The van der Waals surface area contributed by atoms with Gasteiger partial charge in [-0.3, -0.25) is 14.2 Å².